The maximum absolute atomic E-state index is 3.39. The molecular weight excluding hydrogens is 188 g/mol. The summed E-state index contributed by atoms with van der Waals surface area (Å²) >= 11 is 3.39. The van der Waals surface area contributed by atoms with E-state index in [0.717, 1.165) is 4.47 Å². The van der Waals surface area contributed by atoms with Crippen molar-refractivity contribution in [1.82, 2.24) is 0 Å². The summed E-state index contributed by atoms with van der Waals surface area (Å²) in [6.45, 7) is 2.00. The Hall–Kier alpha value is -0.560. The van der Waals surface area contributed by atoms with E-state index < -0.39 is 0 Å². The van der Waals surface area contributed by atoms with Crippen molar-refractivity contribution in [1.29, 1.82) is 0 Å². The van der Waals surface area contributed by atoms with Crippen molar-refractivity contribution in [2.75, 3.05) is 0 Å². The molecule has 0 amide bonds. The Morgan fingerprint density at radius 3 is 3.00 bits per heavy atom. The molecule has 0 unspecified atom stereocenters. The maximum Gasteiger partial charge on any atom is 0.0326 e. The first kappa shape index (κ1) is 7.55. The SMILES string of the molecule is CC=Cc1ccc[c]c1Br. The van der Waals surface area contributed by atoms with Crippen LogP contribution in [-0.2, 0) is 0 Å². The van der Waals surface area contributed by atoms with Crippen molar-refractivity contribution in [3.63, 3.8) is 0 Å². The molecule has 0 saturated carbocycles. The second-order valence-corrected chi connectivity index (χ2v) is 2.73. The van der Waals surface area contributed by atoms with Crippen molar-refractivity contribution in [2.45, 2.75) is 6.92 Å². The summed E-state index contributed by atoms with van der Waals surface area (Å²) in [6, 6.07) is 8.95. The molecule has 0 bridgehead atoms. The number of rotatable bonds is 1. The normalized spacial score (nSPS) is 10.6. The van der Waals surface area contributed by atoms with Crippen molar-refractivity contribution >= 4 is 22.0 Å². The maximum atomic E-state index is 3.39. The topological polar surface area (TPSA) is 0 Å². The molecule has 0 heterocycles. The monoisotopic (exact) mass is 195 g/mol. The Morgan fingerprint density at radius 1 is 1.60 bits per heavy atom. The second kappa shape index (κ2) is 3.57. The highest BCUT2D eigenvalue weighted by molar-refractivity contribution is 9.10. The lowest BCUT2D eigenvalue weighted by molar-refractivity contribution is 1.58. The van der Waals surface area contributed by atoms with E-state index >= 15 is 0 Å². The standard InChI is InChI=1S/C9H8Br/c1-2-5-8-6-3-4-7-9(8)10/h2-6H,1H3. The number of halogens is 1. The molecule has 0 nitrogen and oxygen atoms in total. The molecule has 0 N–H and O–H groups in total. The van der Waals surface area contributed by atoms with Crippen LogP contribution in [0.5, 0.6) is 0 Å². The lowest BCUT2D eigenvalue weighted by atomic mass is 10.2. The smallest absolute Gasteiger partial charge is 0.0326 e. The Kier molecular flexibility index (Phi) is 2.69. The molecule has 0 atom stereocenters. The van der Waals surface area contributed by atoms with Crippen molar-refractivity contribution in [3.05, 3.63) is 40.4 Å². The van der Waals surface area contributed by atoms with Crippen LogP contribution >= 0.6 is 15.9 Å². The first-order valence-corrected chi connectivity index (χ1v) is 3.93. The van der Waals surface area contributed by atoms with E-state index in [2.05, 4.69) is 22.0 Å². The minimum absolute atomic E-state index is 1.02. The van der Waals surface area contributed by atoms with Crippen LogP contribution in [0.3, 0.4) is 0 Å². The lowest BCUT2D eigenvalue weighted by Crippen LogP contribution is -1.72. The summed E-state index contributed by atoms with van der Waals surface area (Å²) in [7, 11) is 0. The van der Waals surface area contributed by atoms with Crippen molar-refractivity contribution < 1.29 is 0 Å². The van der Waals surface area contributed by atoms with E-state index in [1.54, 1.807) is 0 Å². The molecule has 0 aromatic heterocycles. The van der Waals surface area contributed by atoms with Gasteiger partial charge in [0.2, 0.25) is 0 Å². The van der Waals surface area contributed by atoms with Gasteiger partial charge in [0.15, 0.2) is 0 Å². The van der Waals surface area contributed by atoms with Gasteiger partial charge in [-0.1, -0.05) is 30.4 Å². The van der Waals surface area contributed by atoms with E-state index in [9.17, 15) is 0 Å². The third-order valence-electron chi connectivity index (χ3n) is 1.18. The Morgan fingerprint density at radius 2 is 2.40 bits per heavy atom. The molecule has 0 fully saturated rings. The predicted molar refractivity (Wildman–Crippen MR) is 47.7 cm³/mol. The van der Waals surface area contributed by atoms with Gasteiger partial charge in [-0.05, 0) is 34.5 Å². The van der Waals surface area contributed by atoms with Crippen LogP contribution in [0.15, 0.2) is 28.7 Å². The quantitative estimate of drug-likeness (QED) is 0.646. The molecule has 1 heteroatoms. The van der Waals surface area contributed by atoms with Crippen LogP contribution in [0.25, 0.3) is 6.08 Å². The highest BCUT2D eigenvalue weighted by atomic mass is 79.9. The van der Waals surface area contributed by atoms with Gasteiger partial charge in [-0.2, -0.15) is 0 Å². The first-order chi connectivity index (χ1) is 4.84. The van der Waals surface area contributed by atoms with Gasteiger partial charge in [-0.3, -0.25) is 0 Å². The van der Waals surface area contributed by atoms with Gasteiger partial charge >= 0.3 is 0 Å². The number of benzene rings is 1. The summed E-state index contributed by atoms with van der Waals surface area (Å²) in [6.07, 6.45) is 4.05. The van der Waals surface area contributed by atoms with Crippen LogP contribution in [0.2, 0.25) is 0 Å². The van der Waals surface area contributed by atoms with Crippen molar-refractivity contribution in [3.8, 4) is 0 Å². The van der Waals surface area contributed by atoms with Gasteiger partial charge in [0.05, 0.1) is 0 Å². The number of hydrogen-bond donors (Lipinski definition) is 0. The third-order valence-corrected chi connectivity index (χ3v) is 1.87. The molecule has 0 aliphatic carbocycles. The van der Waals surface area contributed by atoms with Gasteiger partial charge in [0, 0.05) is 4.47 Å². The molecule has 0 spiro atoms. The highest BCUT2D eigenvalue weighted by Crippen LogP contribution is 2.15. The second-order valence-electron chi connectivity index (χ2n) is 1.94. The van der Waals surface area contributed by atoms with Crippen LogP contribution < -0.4 is 0 Å². The van der Waals surface area contributed by atoms with Crippen LogP contribution in [0.1, 0.15) is 12.5 Å². The zero-order valence-corrected chi connectivity index (χ0v) is 7.35. The Bertz CT molecular complexity index is 238. The molecule has 0 aliphatic heterocycles. The molecule has 0 saturated heterocycles. The molecule has 10 heavy (non-hydrogen) atoms. The molecular formula is C9H8Br. The van der Waals surface area contributed by atoms with Crippen LogP contribution in [-0.4, -0.2) is 0 Å². The summed E-state index contributed by atoms with van der Waals surface area (Å²) < 4.78 is 1.02. The van der Waals surface area contributed by atoms with E-state index in [-0.39, 0.29) is 0 Å². The van der Waals surface area contributed by atoms with Crippen molar-refractivity contribution in [2.24, 2.45) is 0 Å². The molecule has 1 rings (SSSR count). The highest BCUT2D eigenvalue weighted by Gasteiger charge is 1.90. The zero-order chi connectivity index (χ0) is 7.40. The molecule has 1 aromatic carbocycles. The van der Waals surface area contributed by atoms with Gasteiger partial charge in [-0.15, -0.1) is 0 Å². The van der Waals surface area contributed by atoms with E-state index in [4.69, 9.17) is 0 Å². The minimum Gasteiger partial charge on any atom is -0.0870 e. The van der Waals surface area contributed by atoms with E-state index in [1.807, 2.05) is 37.3 Å². The average Bonchev–Trinajstić information content (AvgIpc) is 1.94. The predicted octanol–water partition coefficient (Wildman–Crippen LogP) is 3.28. The van der Waals surface area contributed by atoms with Gasteiger partial charge in [0.1, 0.15) is 0 Å². The van der Waals surface area contributed by atoms with Gasteiger partial charge in [-0.25, -0.2) is 0 Å². The van der Waals surface area contributed by atoms with E-state index in [1.165, 1.54) is 5.56 Å². The molecule has 0 aliphatic rings. The first-order valence-electron chi connectivity index (χ1n) is 3.13. The Labute approximate surface area is 69.7 Å². The number of hydrogen-bond acceptors (Lipinski definition) is 0. The molecule has 1 radical (unpaired) electrons. The third kappa shape index (κ3) is 1.71. The number of allylic oxidation sites excluding steroid dienone is 1. The largest absolute Gasteiger partial charge is 0.0870 e. The summed E-state index contributed by atoms with van der Waals surface area (Å²) in [4.78, 5) is 0. The van der Waals surface area contributed by atoms with Gasteiger partial charge in [0.25, 0.3) is 0 Å². The fourth-order valence-electron chi connectivity index (χ4n) is 0.738. The molecule has 1 aromatic rings. The lowest BCUT2D eigenvalue weighted by Gasteiger charge is -1.93. The average molecular weight is 196 g/mol. The zero-order valence-electron chi connectivity index (χ0n) is 5.76. The van der Waals surface area contributed by atoms with Crippen LogP contribution in [0.4, 0.5) is 0 Å². The fraction of sp³-hybridized carbons (Fsp3) is 0.111. The van der Waals surface area contributed by atoms with E-state index in [0.29, 0.717) is 0 Å². The minimum atomic E-state index is 1.02. The summed E-state index contributed by atoms with van der Waals surface area (Å²) in [5.74, 6) is 0. The molecule has 51 valence electrons. The Balaban J connectivity index is 3.03. The summed E-state index contributed by atoms with van der Waals surface area (Å²) in [5, 5.41) is 0. The van der Waals surface area contributed by atoms with Crippen LogP contribution in [0, 0.1) is 6.07 Å². The van der Waals surface area contributed by atoms with Gasteiger partial charge < -0.3 is 0 Å². The fourth-order valence-corrected chi connectivity index (χ4v) is 1.13. The summed E-state index contributed by atoms with van der Waals surface area (Å²) in [5.41, 5.74) is 1.17.